The van der Waals surface area contributed by atoms with Gasteiger partial charge in [-0.3, -0.25) is 0 Å². The van der Waals surface area contributed by atoms with Crippen molar-refractivity contribution in [2.24, 2.45) is 5.73 Å². The number of halogens is 1. The third kappa shape index (κ3) is 4.05. The maximum absolute atomic E-state index is 5.66. The smallest absolute Gasteiger partial charge is 0.105 e. The van der Waals surface area contributed by atoms with Crippen molar-refractivity contribution in [2.75, 3.05) is 5.32 Å². The van der Waals surface area contributed by atoms with Gasteiger partial charge in [-0.05, 0) is 57.2 Å². The summed E-state index contributed by atoms with van der Waals surface area (Å²) in [7, 11) is 0. The summed E-state index contributed by atoms with van der Waals surface area (Å²) in [6.07, 6.45) is 0. The van der Waals surface area contributed by atoms with Gasteiger partial charge in [0.1, 0.15) is 4.99 Å². The van der Waals surface area contributed by atoms with Crippen LogP contribution in [-0.2, 0) is 5.41 Å². The van der Waals surface area contributed by atoms with Crippen molar-refractivity contribution in [1.29, 1.82) is 0 Å². The maximum Gasteiger partial charge on any atom is 0.105 e. The molecule has 4 heteroatoms. The molecule has 0 aliphatic rings. The van der Waals surface area contributed by atoms with Crippen LogP contribution in [0.25, 0.3) is 0 Å². The van der Waals surface area contributed by atoms with Crippen molar-refractivity contribution in [3.8, 4) is 0 Å². The molecule has 0 saturated heterocycles. The van der Waals surface area contributed by atoms with Gasteiger partial charge in [-0.15, -0.1) is 0 Å². The van der Waals surface area contributed by atoms with Crippen molar-refractivity contribution < 1.29 is 0 Å². The highest BCUT2D eigenvalue weighted by atomic mass is 79.9. The van der Waals surface area contributed by atoms with Gasteiger partial charge in [0.25, 0.3) is 0 Å². The minimum absolute atomic E-state index is 0.167. The molecule has 3 N–H and O–H groups in total. The van der Waals surface area contributed by atoms with E-state index in [1.54, 1.807) is 0 Å². The highest BCUT2D eigenvalue weighted by Gasteiger charge is 2.12. The largest absolute Gasteiger partial charge is 0.389 e. The summed E-state index contributed by atoms with van der Waals surface area (Å²) in [5.41, 5.74) is 10.0. The van der Waals surface area contributed by atoms with Crippen LogP contribution in [0.15, 0.2) is 46.9 Å². The molecule has 2 aromatic carbocycles. The molecular weight excluding hydrogens is 344 g/mol. The molecule has 0 aliphatic carbocycles. The molecular formula is C17H19BrN2S. The number of nitrogens with two attached hydrogens (primary N) is 1. The van der Waals surface area contributed by atoms with Gasteiger partial charge in [-0.25, -0.2) is 0 Å². The number of nitrogens with one attached hydrogen (secondary N) is 1. The van der Waals surface area contributed by atoms with E-state index in [-0.39, 0.29) is 5.41 Å². The lowest BCUT2D eigenvalue weighted by molar-refractivity contribution is 0.590. The normalized spacial score (nSPS) is 11.2. The molecule has 0 aliphatic heterocycles. The van der Waals surface area contributed by atoms with Crippen molar-refractivity contribution >= 4 is 44.5 Å². The zero-order chi connectivity index (χ0) is 15.6. The second-order valence-corrected chi connectivity index (χ2v) is 7.31. The van der Waals surface area contributed by atoms with Crippen LogP contribution in [-0.4, -0.2) is 4.99 Å². The van der Waals surface area contributed by atoms with Crippen molar-refractivity contribution in [2.45, 2.75) is 26.2 Å². The predicted octanol–water partition coefficient (Wildman–Crippen LogP) is 5.12. The first-order valence-electron chi connectivity index (χ1n) is 6.74. The molecule has 0 radical (unpaired) electrons. The number of rotatable bonds is 3. The van der Waals surface area contributed by atoms with Gasteiger partial charge in [-0.1, -0.05) is 45.1 Å². The highest BCUT2D eigenvalue weighted by molar-refractivity contribution is 9.10. The summed E-state index contributed by atoms with van der Waals surface area (Å²) in [4.78, 5) is 0.392. The Morgan fingerprint density at radius 3 is 2.10 bits per heavy atom. The summed E-state index contributed by atoms with van der Waals surface area (Å²) in [5, 5.41) is 3.38. The van der Waals surface area contributed by atoms with E-state index in [1.165, 1.54) is 5.56 Å². The van der Waals surface area contributed by atoms with E-state index in [4.69, 9.17) is 18.0 Å². The molecule has 0 aromatic heterocycles. The number of hydrogen-bond acceptors (Lipinski definition) is 2. The molecule has 2 nitrogen and oxygen atoms in total. The van der Waals surface area contributed by atoms with Gasteiger partial charge >= 0.3 is 0 Å². The molecule has 110 valence electrons. The van der Waals surface area contributed by atoms with Gasteiger partial charge < -0.3 is 11.1 Å². The zero-order valence-electron chi connectivity index (χ0n) is 12.4. The van der Waals surface area contributed by atoms with Gasteiger partial charge in [0.2, 0.25) is 0 Å². The molecule has 0 atom stereocenters. The first-order valence-corrected chi connectivity index (χ1v) is 7.94. The lowest BCUT2D eigenvalue weighted by Gasteiger charge is -2.19. The van der Waals surface area contributed by atoms with Crippen molar-refractivity contribution in [1.82, 2.24) is 0 Å². The Morgan fingerprint density at radius 1 is 1.05 bits per heavy atom. The monoisotopic (exact) mass is 362 g/mol. The van der Waals surface area contributed by atoms with Crippen LogP contribution < -0.4 is 11.1 Å². The Labute approximate surface area is 139 Å². The third-order valence-corrected chi connectivity index (χ3v) is 4.15. The maximum atomic E-state index is 5.66. The Morgan fingerprint density at radius 2 is 1.62 bits per heavy atom. The van der Waals surface area contributed by atoms with Crippen molar-refractivity contribution in [3.63, 3.8) is 0 Å². The molecule has 0 spiro atoms. The summed E-state index contributed by atoms with van der Waals surface area (Å²) >= 11 is 8.49. The summed E-state index contributed by atoms with van der Waals surface area (Å²) in [6.45, 7) is 6.63. The van der Waals surface area contributed by atoms with Crippen LogP contribution in [0.5, 0.6) is 0 Å². The van der Waals surface area contributed by atoms with E-state index >= 15 is 0 Å². The number of benzene rings is 2. The minimum Gasteiger partial charge on any atom is -0.389 e. The summed E-state index contributed by atoms with van der Waals surface area (Å²) in [5.74, 6) is 0. The Kier molecular flexibility index (Phi) is 4.69. The van der Waals surface area contributed by atoms with E-state index < -0.39 is 0 Å². The zero-order valence-corrected chi connectivity index (χ0v) is 14.8. The van der Waals surface area contributed by atoms with Crippen LogP contribution in [0.4, 0.5) is 11.4 Å². The fraction of sp³-hybridized carbons (Fsp3) is 0.235. The molecule has 0 bridgehead atoms. The van der Waals surface area contributed by atoms with Gasteiger partial charge in [-0.2, -0.15) is 0 Å². The molecule has 0 heterocycles. The van der Waals surface area contributed by atoms with Gasteiger partial charge in [0, 0.05) is 21.4 Å². The van der Waals surface area contributed by atoms with Crippen LogP contribution in [0.1, 0.15) is 31.9 Å². The van der Waals surface area contributed by atoms with E-state index in [1.807, 2.05) is 18.2 Å². The predicted molar refractivity (Wildman–Crippen MR) is 98.5 cm³/mol. The Hall–Kier alpha value is -1.39. The SMILES string of the molecule is CC(C)(C)c1ccc(Nc2ccc(C(N)=S)c(Br)c2)cc1. The number of thiocarbonyl (C=S) groups is 1. The molecule has 0 fully saturated rings. The quantitative estimate of drug-likeness (QED) is 0.743. The molecule has 2 aromatic rings. The standard InChI is InChI=1S/C17H19BrN2S/c1-17(2,3)11-4-6-12(7-5-11)20-13-8-9-14(16(19)21)15(18)10-13/h4-10,20H,1-3H3,(H2,19,21). The fourth-order valence-corrected chi connectivity index (χ4v) is 2.91. The van der Waals surface area contributed by atoms with Crippen LogP contribution >= 0.6 is 28.1 Å². The fourth-order valence-electron chi connectivity index (χ4n) is 2.01. The molecule has 21 heavy (non-hydrogen) atoms. The molecule has 0 saturated carbocycles. The van der Waals surface area contributed by atoms with E-state index in [2.05, 4.69) is 66.3 Å². The van der Waals surface area contributed by atoms with E-state index in [9.17, 15) is 0 Å². The van der Waals surface area contributed by atoms with Crippen LogP contribution in [0.2, 0.25) is 0 Å². The molecule has 0 amide bonds. The van der Waals surface area contributed by atoms with Crippen LogP contribution in [0.3, 0.4) is 0 Å². The van der Waals surface area contributed by atoms with Crippen molar-refractivity contribution in [3.05, 3.63) is 58.1 Å². The number of anilines is 2. The lowest BCUT2D eigenvalue weighted by Crippen LogP contribution is -2.10. The van der Waals surface area contributed by atoms with E-state index in [0.29, 0.717) is 4.99 Å². The second-order valence-electron chi connectivity index (χ2n) is 6.01. The van der Waals surface area contributed by atoms with E-state index in [0.717, 1.165) is 21.4 Å². The average molecular weight is 363 g/mol. The minimum atomic E-state index is 0.167. The van der Waals surface area contributed by atoms with Gasteiger partial charge in [0.05, 0.1) is 0 Å². The summed E-state index contributed by atoms with van der Waals surface area (Å²) < 4.78 is 0.895. The highest BCUT2D eigenvalue weighted by Crippen LogP contribution is 2.27. The second kappa shape index (κ2) is 6.16. The molecule has 0 unspecified atom stereocenters. The molecule has 2 rings (SSSR count). The van der Waals surface area contributed by atoms with Gasteiger partial charge in [0.15, 0.2) is 0 Å². The van der Waals surface area contributed by atoms with Crippen LogP contribution in [0, 0.1) is 0 Å². The first kappa shape index (κ1) is 16.0. The first-order chi connectivity index (χ1) is 9.77. The topological polar surface area (TPSA) is 38.0 Å². The lowest BCUT2D eigenvalue weighted by atomic mass is 9.87. The Balaban J connectivity index is 2.19. The third-order valence-electron chi connectivity index (χ3n) is 3.27. The Bertz CT molecular complexity index is 657. The summed E-state index contributed by atoms with van der Waals surface area (Å²) in [6, 6.07) is 14.4. The average Bonchev–Trinajstić information content (AvgIpc) is 2.38. The number of hydrogen-bond donors (Lipinski definition) is 2.